The second-order valence-corrected chi connectivity index (χ2v) is 9.15. The van der Waals surface area contributed by atoms with Crippen LogP contribution in [0.5, 0.6) is 11.5 Å². The summed E-state index contributed by atoms with van der Waals surface area (Å²) in [6.07, 6.45) is 2.41. The molecule has 3 rings (SSSR count). The minimum Gasteiger partial charge on any atom is -0.490 e. The molecule has 0 N–H and O–H groups in total. The van der Waals surface area contributed by atoms with Gasteiger partial charge in [0.1, 0.15) is 12.4 Å². The van der Waals surface area contributed by atoms with Gasteiger partial charge < -0.3 is 9.47 Å². The van der Waals surface area contributed by atoms with Crippen molar-refractivity contribution >= 4 is 51.6 Å². The maximum absolute atomic E-state index is 13.4. The molecule has 2 aromatic carbocycles. The molecule has 31 heavy (non-hydrogen) atoms. The first-order valence-electron chi connectivity index (χ1n) is 9.94. The van der Waals surface area contributed by atoms with Crippen molar-refractivity contribution < 1.29 is 23.5 Å². The topological polar surface area (TPSA) is 55.8 Å². The zero-order valence-electron chi connectivity index (χ0n) is 17.5. The van der Waals surface area contributed by atoms with Crippen molar-refractivity contribution in [3.8, 4) is 11.5 Å². The Balaban J connectivity index is 1.87. The van der Waals surface area contributed by atoms with Gasteiger partial charge in [0.05, 0.1) is 15.1 Å². The molecule has 1 fully saturated rings. The molecule has 1 heterocycles. The number of carbonyl (C=O) groups is 2. The third-order valence-corrected chi connectivity index (χ3v) is 6.44. The van der Waals surface area contributed by atoms with Gasteiger partial charge in [-0.3, -0.25) is 14.5 Å². The highest BCUT2D eigenvalue weighted by Crippen LogP contribution is 2.38. The van der Waals surface area contributed by atoms with Gasteiger partial charge in [0.15, 0.2) is 11.5 Å². The van der Waals surface area contributed by atoms with Crippen molar-refractivity contribution in [2.75, 3.05) is 6.61 Å². The van der Waals surface area contributed by atoms with Gasteiger partial charge in [-0.25, -0.2) is 4.39 Å². The molecule has 1 saturated heterocycles. The van der Waals surface area contributed by atoms with E-state index >= 15 is 0 Å². The Kier molecular flexibility index (Phi) is 7.99. The molecule has 8 heteroatoms. The first kappa shape index (κ1) is 23.6. The Hall–Kier alpha value is -2.07. The van der Waals surface area contributed by atoms with Gasteiger partial charge in [-0.15, -0.1) is 0 Å². The zero-order chi connectivity index (χ0) is 22.5. The van der Waals surface area contributed by atoms with Gasteiger partial charge in [0, 0.05) is 6.04 Å². The van der Waals surface area contributed by atoms with E-state index in [1.165, 1.54) is 17.0 Å². The van der Waals surface area contributed by atoms with Crippen LogP contribution < -0.4 is 9.47 Å². The van der Waals surface area contributed by atoms with Crippen LogP contribution in [-0.2, 0) is 11.4 Å². The summed E-state index contributed by atoms with van der Waals surface area (Å²) in [5.74, 6) is 0.487. The first-order chi connectivity index (χ1) is 14.8. The first-order valence-corrected chi connectivity index (χ1v) is 11.8. The molecule has 5 nitrogen and oxygen atoms in total. The van der Waals surface area contributed by atoms with E-state index in [4.69, 9.17) is 9.47 Å². The highest BCUT2D eigenvalue weighted by molar-refractivity contribution is 14.1. The van der Waals surface area contributed by atoms with Gasteiger partial charge in [0.2, 0.25) is 0 Å². The number of imide groups is 1. The second kappa shape index (κ2) is 10.5. The molecule has 1 aliphatic rings. The summed E-state index contributed by atoms with van der Waals surface area (Å²) < 4.78 is 25.9. The minimum absolute atomic E-state index is 0.142. The SMILES string of the molecule is CCOc1cc(/C=C2/SC(=O)N([C@H](C)CC)C2=O)cc(I)c1OCc1cccc(F)c1. The summed E-state index contributed by atoms with van der Waals surface area (Å²) >= 11 is 3.09. The molecule has 1 aliphatic heterocycles. The molecule has 0 saturated carbocycles. The average Bonchev–Trinajstić information content (AvgIpc) is 3.00. The normalized spacial score (nSPS) is 16.2. The van der Waals surface area contributed by atoms with E-state index in [1.54, 1.807) is 24.3 Å². The van der Waals surface area contributed by atoms with Crippen molar-refractivity contribution in [2.45, 2.75) is 39.8 Å². The smallest absolute Gasteiger partial charge is 0.293 e. The number of hydrogen-bond acceptors (Lipinski definition) is 5. The van der Waals surface area contributed by atoms with Crippen molar-refractivity contribution in [1.82, 2.24) is 4.90 Å². The van der Waals surface area contributed by atoms with Crippen LogP contribution in [0.1, 0.15) is 38.3 Å². The molecule has 0 aliphatic carbocycles. The van der Waals surface area contributed by atoms with Crippen LogP contribution in [0.4, 0.5) is 9.18 Å². The molecule has 0 aromatic heterocycles. The van der Waals surface area contributed by atoms with Crippen LogP contribution in [0, 0.1) is 9.39 Å². The lowest BCUT2D eigenvalue weighted by atomic mass is 10.1. The van der Waals surface area contributed by atoms with Gasteiger partial charge >= 0.3 is 0 Å². The predicted octanol–water partition coefficient (Wildman–Crippen LogP) is 6.24. The van der Waals surface area contributed by atoms with Crippen molar-refractivity contribution in [3.05, 3.63) is 61.8 Å². The number of nitrogens with zero attached hydrogens (tertiary/aromatic N) is 1. The standard InChI is InChI=1S/C23H23FINO4S/c1-4-14(3)26-22(27)20(31-23(26)28)12-16-10-18(25)21(19(11-16)29-5-2)30-13-15-7-6-8-17(24)9-15/h6-12,14H,4-5,13H2,1-3H3/b20-12+/t14-/m1/s1. The molecule has 2 amide bonds. The van der Waals surface area contributed by atoms with Gasteiger partial charge in [0.25, 0.3) is 11.1 Å². The molecule has 0 radical (unpaired) electrons. The van der Waals surface area contributed by atoms with Crippen molar-refractivity contribution in [3.63, 3.8) is 0 Å². The Morgan fingerprint density at radius 3 is 2.65 bits per heavy atom. The van der Waals surface area contributed by atoms with Crippen LogP contribution in [0.3, 0.4) is 0 Å². The summed E-state index contributed by atoms with van der Waals surface area (Å²) in [6.45, 7) is 6.30. The Bertz CT molecular complexity index is 1030. The molecular weight excluding hydrogens is 532 g/mol. The molecular formula is C23H23FINO4S. The molecule has 0 spiro atoms. The van der Waals surface area contributed by atoms with Gasteiger partial charge in [-0.1, -0.05) is 19.1 Å². The lowest BCUT2D eigenvalue weighted by Gasteiger charge is -2.19. The predicted molar refractivity (Wildman–Crippen MR) is 129 cm³/mol. The number of carbonyl (C=O) groups excluding carboxylic acids is 2. The van der Waals surface area contributed by atoms with Crippen LogP contribution in [0.15, 0.2) is 41.3 Å². The third kappa shape index (κ3) is 5.60. The fourth-order valence-electron chi connectivity index (χ4n) is 3.05. The quantitative estimate of drug-likeness (QED) is 0.285. The summed E-state index contributed by atoms with van der Waals surface area (Å²) in [4.78, 5) is 26.7. The highest BCUT2D eigenvalue weighted by atomic mass is 127. The third-order valence-electron chi connectivity index (χ3n) is 4.76. The lowest BCUT2D eigenvalue weighted by molar-refractivity contribution is -0.124. The average molecular weight is 555 g/mol. The van der Waals surface area contributed by atoms with E-state index in [0.717, 1.165) is 20.9 Å². The lowest BCUT2D eigenvalue weighted by Crippen LogP contribution is -2.36. The number of hydrogen-bond donors (Lipinski definition) is 0. The molecule has 0 bridgehead atoms. The Morgan fingerprint density at radius 1 is 1.19 bits per heavy atom. The highest BCUT2D eigenvalue weighted by Gasteiger charge is 2.37. The second-order valence-electron chi connectivity index (χ2n) is 6.99. The Morgan fingerprint density at radius 2 is 1.97 bits per heavy atom. The van der Waals surface area contributed by atoms with Crippen LogP contribution in [-0.4, -0.2) is 28.7 Å². The number of ether oxygens (including phenoxy) is 2. The zero-order valence-corrected chi connectivity index (χ0v) is 20.5. The number of thioether (sulfide) groups is 1. The molecule has 164 valence electrons. The maximum Gasteiger partial charge on any atom is 0.293 e. The van der Waals surface area contributed by atoms with Crippen molar-refractivity contribution in [1.29, 1.82) is 0 Å². The van der Waals surface area contributed by atoms with E-state index in [0.29, 0.717) is 35.0 Å². The van der Waals surface area contributed by atoms with E-state index in [9.17, 15) is 14.0 Å². The summed E-state index contributed by atoms with van der Waals surface area (Å²) in [7, 11) is 0. The number of rotatable bonds is 8. The molecule has 1 atom stereocenters. The van der Waals surface area contributed by atoms with E-state index < -0.39 is 0 Å². The largest absolute Gasteiger partial charge is 0.490 e. The van der Waals surface area contributed by atoms with E-state index in [2.05, 4.69) is 22.6 Å². The fraction of sp³-hybridized carbons (Fsp3) is 0.304. The van der Waals surface area contributed by atoms with E-state index in [-0.39, 0.29) is 29.6 Å². The number of halogens is 2. The van der Waals surface area contributed by atoms with Gasteiger partial charge in [-0.2, -0.15) is 0 Å². The summed E-state index contributed by atoms with van der Waals surface area (Å²) in [6, 6.07) is 9.74. The summed E-state index contributed by atoms with van der Waals surface area (Å²) in [5.41, 5.74) is 1.45. The maximum atomic E-state index is 13.4. The van der Waals surface area contributed by atoms with E-state index in [1.807, 2.05) is 26.8 Å². The number of benzene rings is 2. The summed E-state index contributed by atoms with van der Waals surface area (Å²) in [5, 5.41) is -0.250. The van der Waals surface area contributed by atoms with Crippen molar-refractivity contribution in [2.24, 2.45) is 0 Å². The molecule has 0 unspecified atom stereocenters. The monoisotopic (exact) mass is 555 g/mol. The van der Waals surface area contributed by atoms with Crippen LogP contribution >= 0.6 is 34.4 Å². The Labute approximate surface area is 199 Å². The fourth-order valence-corrected chi connectivity index (χ4v) is 4.76. The minimum atomic E-state index is -0.317. The van der Waals surface area contributed by atoms with Crippen LogP contribution in [0.25, 0.3) is 6.08 Å². The van der Waals surface area contributed by atoms with Gasteiger partial charge in [-0.05, 0) is 96.1 Å². The van der Waals surface area contributed by atoms with Crippen LogP contribution in [0.2, 0.25) is 0 Å². The molecule has 2 aromatic rings. The number of amides is 2.